The molecular weight excluding hydrogens is 192 g/mol. The summed E-state index contributed by atoms with van der Waals surface area (Å²) in [5.41, 5.74) is 0. The van der Waals surface area contributed by atoms with Crippen LogP contribution in [0.2, 0.25) is 0 Å². The minimum atomic E-state index is -0.754. The van der Waals surface area contributed by atoms with Crippen LogP contribution in [0.3, 0.4) is 0 Å². The summed E-state index contributed by atoms with van der Waals surface area (Å²) in [5, 5.41) is 11.9. The van der Waals surface area contributed by atoms with E-state index in [4.69, 9.17) is 5.11 Å². The highest BCUT2D eigenvalue weighted by Gasteiger charge is 2.13. The molecule has 0 radical (unpaired) electrons. The molecule has 0 spiro atoms. The number of hydrogen-bond donors (Lipinski definition) is 2. The van der Waals surface area contributed by atoms with Gasteiger partial charge in [0, 0.05) is 13.1 Å². The predicted octanol–water partition coefficient (Wildman–Crippen LogP) is 1.17. The third kappa shape index (κ3) is 6.47. The Kier molecular flexibility index (Phi) is 8.33. The van der Waals surface area contributed by atoms with Gasteiger partial charge in [-0.05, 0) is 25.9 Å². The normalized spacial score (nSPS) is 13.1. The van der Waals surface area contributed by atoms with Crippen molar-refractivity contribution in [1.82, 2.24) is 10.2 Å². The number of aliphatic carboxylic acids is 1. The molecule has 0 saturated carbocycles. The van der Waals surface area contributed by atoms with Crippen molar-refractivity contribution in [1.29, 1.82) is 0 Å². The number of rotatable bonds is 9. The summed E-state index contributed by atoms with van der Waals surface area (Å²) in [5.74, 6) is -0.754. The van der Waals surface area contributed by atoms with Crippen LogP contribution >= 0.6 is 0 Å². The van der Waals surface area contributed by atoms with Gasteiger partial charge in [0.05, 0.1) is 0 Å². The standard InChI is InChI=1S/C11H24N2O2/c1-4-8-13(6-3)9-7-12-10(5-2)11(14)15/h10,12H,4-9H2,1-3H3,(H,14,15). The molecule has 0 aliphatic carbocycles. The third-order valence-corrected chi connectivity index (χ3v) is 2.51. The van der Waals surface area contributed by atoms with Crippen molar-refractivity contribution in [3.63, 3.8) is 0 Å². The zero-order valence-electron chi connectivity index (χ0n) is 10.1. The van der Waals surface area contributed by atoms with Crippen LogP contribution < -0.4 is 5.32 Å². The highest BCUT2D eigenvalue weighted by Crippen LogP contribution is 1.92. The Morgan fingerprint density at radius 2 is 2.00 bits per heavy atom. The number of carboxylic acid groups (broad SMARTS) is 1. The van der Waals surface area contributed by atoms with Gasteiger partial charge in [-0.15, -0.1) is 0 Å². The lowest BCUT2D eigenvalue weighted by Crippen LogP contribution is -2.41. The van der Waals surface area contributed by atoms with Crippen molar-refractivity contribution in [2.75, 3.05) is 26.2 Å². The van der Waals surface area contributed by atoms with E-state index in [2.05, 4.69) is 24.1 Å². The Morgan fingerprint density at radius 1 is 1.33 bits per heavy atom. The lowest BCUT2D eigenvalue weighted by Gasteiger charge is -2.21. The lowest BCUT2D eigenvalue weighted by atomic mass is 10.2. The smallest absolute Gasteiger partial charge is 0.320 e. The summed E-state index contributed by atoms with van der Waals surface area (Å²) in [6, 6.07) is -0.398. The molecule has 0 bridgehead atoms. The Hall–Kier alpha value is -0.610. The molecule has 4 nitrogen and oxygen atoms in total. The predicted molar refractivity (Wildman–Crippen MR) is 62.1 cm³/mol. The maximum absolute atomic E-state index is 10.7. The third-order valence-electron chi connectivity index (χ3n) is 2.51. The molecule has 1 atom stereocenters. The Morgan fingerprint density at radius 3 is 2.40 bits per heavy atom. The lowest BCUT2D eigenvalue weighted by molar-refractivity contribution is -0.139. The van der Waals surface area contributed by atoms with Crippen molar-refractivity contribution < 1.29 is 9.90 Å². The number of hydrogen-bond acceptors (Lipinski definition) is 3. The van der Waals surface area contributed by atoms with E-state index in [1.807, 2.05) is 6.92 Å². The number of carboxylic acids is 1. The van der Waals surface area contributed by atoms with Crippen LogP contribution in [-0.4, -0.2) is 48.2 Å². The van der Waals surface area contributed by atoms with Crippen LogP contribution in [-0.2, 0) is 4.79 Å². The van der Waals surface area contributed by atoms with Crippen LogP contribution in [0.1, 0.15) is 33.6 Å². The summed E-state index contributed by atoms with van der Waals surface area (Å²) in [6.45, 7) is 9.95. The van der Waals surface area contributed by atoms with Crippen LogP contribution in [0.5, 0.6) is 0 Å². The van der Waals surface area contributed by atoms with E-state index in [1.165, 1.54) is 0 Å². The van der Waals surface area contributed by atoms with E-state index >= 15 is 0 Å². The first-order valence-corrected chi connectivity index (χ1v) is 5.84. The highest BCUT2D eigenvalue weighted by molar-refractivity contribution is 5.73. The van der Waals surface area contributed by atoms with Crippen molar-refractivity contribution in [3.05, 3.63) is 0 Å². The summed E-state index contributed by atoms with van der Waals surface area (Å²) in [7, 11) is 0. The second-order valence-electron chi connectivity index (χ2n) is 3.69. The molecule has 0 amide bonds. The average Bonchev–Trinajstić information content (AvgIpc) is 2.22. The van der Waals surface area contributed by atoms with Crippen LogP contribution in [0.15, 0.2) is 0 Å². The average molecular weight is 216 g/mol. The molecule has 0 aliphatic rings. The molecule has 90 valence electrons. The summed E-state index contributed by atoms with van der Waals surface area (Å²) in [4.78, 5) is 13.0. The summed E-state index contributed by atoms with van der Waals surface area (Å²) >= 11 is 0. The van der Waals surface area contributed by atoms with E-state index in [9.17, 15) is 4.79 Å². The minimum Gasteiger partial charge on any atom is -0.480 e. The van der Waals surface area contributed by atoms with Gasteiger partial charge in [0.25, 0.3) is 0 Å². The number of carbonyl (C=O) groups is 1. The topological polar surface area (TPSA) is 52.6 Å². The second-order valence-corrected chi connectivity index (χ2v) is 3.69. The summed E-state index contributed by atoms with van der Waals surface area (Å²) in [6.07, 6.45) is 1.78. The largest absolute Gasteiger partial charge is 0.480 e. The Labute approximate surface area is 92.7 Å². The molecule has 0 heterocycles. The molecule has 0 aromatic rings. The zero-order valence-corrected chi connectivity index (χ0v) is 10.1. The van der Waals surface area contributed by atoms with E-state index < -0.39 is 12.0 Å². The van der Waals surface area contributed by atoms with Gasteiger partial charge in [0.15, 0.2) is 0 Å². The molecule has 0 aliphatic heterocycles. The molecule has 2 N–H and O–H groups in total. The molecular formula is C11H24N2O2. The number of likely N-dealkylation sites (N-methyl/N-ethyl adjacent to an activating group) is 1. The quantitative estimate of drug-likeness (QED) is 0.607. The monoisotopic (exact) mass is 216 g/mol. The molecule has 0 aromatic heterocycles. The molecule has 4 heteroatoms. The van der Waals surface area contributed by atoms with E-state index in [1.54, 1.807) is 0 Å². The van der Waals surface area contributed by atoms with Gasteiger partial charge in [-0.3, -0.25) is 4.79 Å². The first-order valence-electron chi connectivity index (χ1n) is 5.84. The van der Waals surface area contributed by atoms with Crippen molar-refractivity contribution in [2.45, 2.75) is 39.7 Å². The first kappa shape index (κ1) is 14.4. The van der Waals surface area contributed by atoms with Gasteiger partial charge in [-0.1, -0.05) is 20.8 Å². The van der Waals surface area contributed by atoms with Crippen molar-refractivity contribution >= 4 is 5.97 Å². The maximum atomic E-state index is 10.7. The number of nitrogens with one attached hydrogen (secondary N) is 1. The van der Waals surface area contributed by atoms with Crippen LogP contribution in [0, 0.1) is 0 Å². The van der Waals surface area contributed by atoms with Gasteiger partial charge >= 0.3 is 5.97 Å². The van der Waals surface area contributed by atoms with Gasteiger partial charge in [0.1, 0.15) is 6.04 Å². The Bertz CT molecular complexity index is 174. The van der Waals surface area contributed by atoms with Crippen LogP contribution in [0.4, 0.5) is 0 Å². The van der Waals surface area contributed by atoms with Crippen molar-refractivity contribution in [2.24, 2.45) is 0 Å². The second kappa shape index (κ2) is 8.68. The minimum absolute atomic E-state index is 0.398. The van der Waals surface area contributed by atoms with Gasteiger partial charge in [-0.25, -0.2) is 0 Å². The fraction of sp³-hybridized carbons (Fsp3) is 0.909. The number of nitrogens with zero attached hydrogens (tertiary/aromatic N) is 1. The molecule has 0 aromatic carbocycles. The highest BCUT2D eigenvalue weighted by atomic mass is 16.4. The van der Waals surface area contributed by atoms with Gasteiger partial charge in [0.2, 0.25) is 0 Å². The molecule has 0 fully saturated rings. The molecule has 0 rings (SSSR count). The van der Waals surface area contributed by atoms with E-state index in [0.717, 1.165) is 32.6 Å². The van der Waals surface area contributed by atoms with Gasteiger partial charge < -0.3 is 15.3 Å². The molecule has 1 unspecified atom stereocenters. The van der Waals surface area contributed by atoms with Crippen LogP contribution in [0.25, 0.3) is 0 Å². The first-order chi connectivity index (χ1) is 7.15. The molecule has 0 saturated heterocycles. The molecule has 15 heavy (non-hydrogen) atoms. The fourth-order valence-corrected chi connectivity index (χ4v) is 1.55. The zero-order chi connectivity index (χ0) is 11.7. The Balaban J connectivity index is 3.69. The SMILES string of the molecule is CCCN(CC)CCNC(CC)C(=O)O. The fourth-order valence-electron chi connectivity index (χ4n) is 1.55. The van der Waals surface area contributed by atoms with Gasteiger partial charge in [-0.2, -0.15) is 0 Å². The van der Waals surface area contributed by atoms with Crippen molar-refractivity contribution in [3.8, 4) is 0 Å². The van der Waals surface area contributed by atoms with E-state index in [0.29, 0.717) is 6.42 Å². The van der Waals surface area contributed by atoms with E-state index in [-0.39, 0.29) is 0 Å². The maximum Gasteiger partial charge on any atom is 0.320 e. The summed E-state index contributed by atoms with van der Waals surface area (Å²) < 4.78 is 0.